The van der Waals surface area contributed by atoms with Crippen molar-refractivity contribution in [3.8, 4) is 28.6 Å². The number of hydrogen-bond acceptors (Lipinski definition) is 5. The third kappa shape index (κ3) is 3.38. The Morgan fingerprint density at radius 2 is 2.03 bits per heavy atom. The first-order valence-electron chi connectivity index (χ1n) is 10.3. The van der Waals surface area contributed by atoms with Gasteiger partial charge in [-0.15, -0.1) is 0 Å². The fourth-order valence-electron chi connectivity index (χ4n) is 4.39. The van der Waals surface area contributed by atoms with Gasteiger partial charge in [0.15, 0.2) is 0 Å². The van der Waals surface area contributed by atoms with Gasteiger partial charge in [0, 0.05) is 44.1 Å². The normalized spacial score (nSPS) is 16.0. The van der Waals surface area contributed by atoms with Crippen molar-refractivity contribution in [3.05, 3.63) is 65.2 Å². The molecule has 2 N–H and O–H groups in total. The fraction of sp³-hybridized carbons (Fsp3) is 0.208. The molecule has 0 saturated carbocycles. The van der Waals surface area contributed by atoms with E-state index in [2.05, 4.69) is 9.88 Å². The number of nitriles is 1. The first-order valence-corrected chi connectivity index (χ1v) is 10.6. The van der Waals surface area contributed by atoms with Crippen molar-refractivity contribution in [1.29, 1.82) is 5.26 Å². The summed E-state index contributed by atoms with van der Waals surface area (Å²) in [6, 6.07) is 12.1. The minimum Gasteiger partial charge on any atom is -0.369 e. The lowest BCUT2D eigenvalue weighted by Gasteiger charge is -2.25. The molecule has 0 amide bonds. The van der Waals surface area contributed by atoms with E-state index in [0.717, 1.165) is 35.3 Å². The molecular weight excluding hydrogens is 427 g/mol. The molecule has 0 unspecified atom stereocenters. The minimum absolute atomic E-state index is 0.0425. The molecule has 6 nitrogen and oxygen atoms in total. The molecule has 8 heteroatoms. The van der Waals surface area contributed by atoms with E-state index >= 15 is 0 Å². The molecule has 4 aromatic rings. The number of hydrogen-bond donors (Lipinski definition) is 1. The van der Waals surface area contributed by atoms with Crippen LogP contribution in [0.5, 0.6) is 0 Å². The molecule has 2 aromatic heterocycles. The van der Waals surface area contributed by atoms with Crippen LogP contribution < -0.4 is 10.6 Å². The van der Waals surface area contributed by atoms with Crippen molar-refractivity contribution in [2.24, 2.45) is 12.8 Å². The van der Waals surface area contributed by atoms with Gasteiger partial charge in [-0.25, -0.2) is 9.37 Å². The molecule has 5 rings (SSSR count). The number of para-hydroxylation sites is 1. The number of aromatic nitrogens is 3. The summed E-state index contributed by atoms with van der Waals surface area (Å²) in [6.07, 6.45) is 4.32. The summed E-state index contributed by atoms with van der Waals surface area (Å²) in [4.78, 5) is 11.5. The number of halogens is 2. The molecular formula is C24H20ClFN6. The number of aryl methyl sites for hydroxylation is 1. The third-order valence-corrected chi connectivity index (χ3v) is 6.20. The molecule has 1 aliphatic rings. The lowest BCUT2D eigenvalue weighted by molar-refractivity contribution is 0.628. The molecule has 0 bridgehead atoms. The van der Waals surface area contributed by atoms with Gasteiger partial charge in [-0.05, 0) is 42.3 Å². The van der Waals surface area contributed by atoms with Crippen LogP contribution in [0.25, 0.3) is 33.5 Å². The highest BCUT2D eigenvalue weighted by atomic mass is 35.5. The van der Waals surface area contributed by atoms with Gasteiger partial charge in [0.2, 0.25) is 0 Å². The zero-order chi connectivity index (χ0) is 22.4. The number of rotatable bonds is 3. The second-order valence-corrected chi connectivity index (χ2v) is 8.43. The van der Waals surface area contributed by atoms with Crippen LogP contribution in [-0.2, 0) is 7.05 Å². The molecule has 2 aromatic carbocycles. The smallest absolute Gasteiger partial charge is 0.144 e. The molecule has 1 atom stereocenters. The summed E-state index contributed by atoms with van der Waals surface area (Å²) in [5.74, 6) is 0.234. The molecule has 0 aliphatic carbocycles. The number of fused-ring (bicyclic) bond motifs is 1. The third-order valence-electron chi connectivity index (χ3n) is 5.90. The Labute approximate surface area is 189 Å². The summed E-state index contributed by atoms with van der Waals surface area (Å²) in [6.45, 7) is 1.42. The van der Waals surface area contributed by atoms with E-state index in [0.29, 0.717) is 28.5 Å². The van der Waals surface area contributed by atoms with Crippen molar-refractivity contribution in [1.82, 2.24) is 14.5 Å². The van der Waals surface area contributed by atoms with Gasteiger partial charge in [-0.3, -0.25) is 4.98 Å². The van der Waals surface area contributed by atoms with Gasteiger partial charge in [-0.1, -0.05) is 17.7 Å². The Bertz CT molecular complexity index is 1390. The van der Waals surface area contributed by atoms with Gasteiger partial charge >= 0.3 is 0 Å². The maximum absolute atomic E-state index is 14.3. The SMILES string of the molecule is Cn1c(-c2cncc(-c3cc(F)cc(C#N)c3)c2N2CC[C@H](N)C2)nc2c(Cl)cccc21. The standard InChI is InChI=1S/C24H20ClFN6/c1-31-21-4-2-3-20(25)22(21)30-24(31)19-12-29-11-18(23(19)32-6-5-17(28)13-32)15-7-14(10-27)8-16(26)9-15/h2-4,7-9,11-12,17H,5-6,13,28H2,1H3/t17-/m0/s1. The molecule has 0 spiro atoms. The number of imidazole rings is 1. The monoisotopic (exact) mass is 446 g/mol. The van der Waals surface area contributed by atoms with E-state index < -0.39 is 5.82 Å². The van der Waals surface area contributed by atoms with Crippen LogP contribution in [0, 0.1) is 17.1 Å². The zero-order valence-electron chi connectivity index (χ0n) is 17.4. The fourth-order valence-corrected chi connectivity index (χ4v) is 4.60. The predicted molar refractivity (Wildman–Crippen MR) is 124 cm³/mol. The van der Waals surface area contributed by atoms with Crippen molar-refractivity contribution >= 4 is 28.3 Å². The van der Waals surface area contributed by atoms with Crippen molar-refractivity contribution in [2.45, 2.75) is 12.5 Å². The van der Waals surface area contributed by atoms with Crippen LogP contribution in [-0.4, -0.2) is 33.7 Å². The topological polar surface area (TPSA) is 83.8 Å². The minimum atomic E-state index is -0.469. The number of nitrogens with zero attached hydrogens (tertiary/aromatic N) is 5. The van der Waals surface area contributed by atoms with E-state index in [-0.39, 0.29) is 11.6 Å². The van der Waals surface area contributed by atoms with Crippen molar-refractivity contribution < 1.29 is 4.39 Å². The highest BCUT2D eigenvalue weighted by molar-refractivity contribution is 6.35. The summed E-state index contributed by atoms with van der Waals surface area (Å²) >= 11 is 6.40. The average Bonchev–Trinajstić information content (AvgIpc) is 3.37. The quantitative estimate of drug-likeness (QED) is 0.500. The number of benzene rings is 2. The number of anilines is 1. The van der Waals surface area contributed by atoms with Gasteiger partial charge in [-0.2, -0.15) is 5.26 Å². The van der Waals surface area contributed by atoms with Crippen LogP contribution in [0.3, 0.4) is 0 Å². The Morgan fingerprint density at radius 3 is 2.75 bits per heavy atom. The van der Waals surface area contributed by atoms with Crippen LogP contribution in [0.15, 0.2) is 48.8 Å². The Balaban J connectivity index is 1.79. The predicted octanol–water partition coefficient (Wildman–Crippen LogP) is 4.50. The van der Waals surface area contributed by atoms with E-state index in [1.807, 2.05) is 35.9 Å². The van der Waals surface area contributed by atoms with E-state index in [1.165, 1.54) is 12.1 Å². The van der Waals surface area contributed by atoms with Gasteiger partial charge in [0.25, 0.3) is 0 Å². The van der Waals surface area contributed by atoms with E-state index in [1.54, 1.807) is 18.5 Å². The van der Waals surface area contributed by atoms with Crippen LogP contribution in [0.1, 0.15) is 12.0 Å². The second kappa shape index (κ2) is 7.90. The summed E-state index contributed by atoms with van der Waals surface area (Å²) in [5, 5.41) is 9.91. The summed E-state index contributed by atoms with van der Waals surface area (Å²) in [7, 11) is 1.93. The summed E-state index contributed by atoms with van der Waals surface area (Å²) < 4.78 is 16.3. The first kappa shape index (κ1) is 20.4. The average molecular weight is 447 g/mol. The van der Waals surface area contributed by atoms with E-state index in [4.69, 9.17) is 22.3 Å². The Morgan fingerprint density at radius 1 is 1.22 bits per heavy atom. The summed E-state index contributed by atoms with van der Waals surface area (Å²) in [5.41, 5.74) is 11.1. The second-order valence-electron chi connectivity index (χ2n) is 8.02. The number of pyridine rings is 1. The Kier molecular flexibility index (Phi) is 5.04. The van der Waals surface area contributed by atoms with Crippen molar-refractivity contribution in [3.63, 3.8) is 0 Å². The number of nitrogens with two attached hydrogens (primary N) is 1. The van der Waals surface area contributed by atoms with Crippen LogP contribution in [0.4, 0.5) is 10.1 Å². The zero-order valence-corrected chi connectivity index (χ0v) is 18.1. The maximum atomic E-state index is 14.3. The van der Waals surface area contributed by atoms with Gasteiger partial charge in [0.1, 0.15) is 17.2 Å². The van der Waals surface area contributed by atoms with Gasteiger partial charge in [0.05, 0.1) is 33.4 Å². The van der Waals surface area contributed by atoms with E-state index in [9.17, 15) is 9.65 Å². The van der Waals surface area contributed by atoms with Crippen LogP contribution >= 0.6 is 11.6 Å². The highest BCUT2D eigenvalue weighted by Crippen LogP contribution is 2.41. The molecule has 0 radical (unpaired) electrons. The molecule has 1 aliphatic heterocycles. The molecule has 1 fully saturated rings. The lowest BCUT2D eigenvalue weighted by Crippen LogP contribution is -2.27. The van der Waals surface area contributed by atoms with Gasteiger partial charge < -0.3 is 15.2 Å². The Hall–Kier alpha value is -3.47. The molecule has 32 heavy (non-hydrogen) atoms. The molecule has 1 saturated heterocycles. The first-order chi connectivity index (χ1) is 15.5. The molecule has 160 valence electrons. The van der Waals surface area contributed by atoms with Crippen molar-refractivity contribution in [2.75, 3.05) is 18.0 Å². The lowest BCUT2D eigenvalue weighted by atomic mass is 9.99. The molecule has 3 heterocycles. The van der Waals surface area contributed by atoms with Crippen LogP contribution in [0.2, 0.25) is 5.02 Å². The maximum Gasteiger partial charge on any atom is 0.144 e. The largest absolute Gasteiger partial charge is 0.369 e. The highest BCUT2D eigenvalue weighted by Gasteiger charge is 2.27.